The minimum atomic E-state index is -0.440. The number of likely N-dealkylation sites (tertiary alicyclic amines) is 1. The molecule has 0 radical (unpaired) electrons. The van der Waals surface area contributed by atoms with E-state index in [1.165, 1.54) is 5.56 Å². The molecule has 1 aliphatic heterocycles. The number of aryl methyl sites for hydroxylation is 1. The zero-order valence-corrected chi connectivity index (χ0v) is 17.7. The van der Waals surface area contributed by atoms with Crippen LogP contribution in [0.4, 0.5) is 10.5 Å². The van der Waals surface area contributed by atoms with Gasteiger partial charge in [0, 0.05) is 38.4 Å². The highest BCUT2D eigenvalue weighted by Gasteiger charge is 2.57. The van der Waals surface area contributed by atoms with Crippen LogP contribution in [0.2, 0.25) is 0 Å². The predicted molar refractivity (Wildman–Crippen MR) is 118 cm³/mol. The molecule has 1 aliphatic carbocycles. The summed E-state index contributed by atoms with van der Waals surface area (Å²) in [5.74, 6) is 0.330. The van der Waals surface area contributed by atoms with E-state index < -0.39 is 5.41 Å². The van der Waals surface area contributed by atoms with Crippen molar-refractivity contribution in [1.82, 2.24) is 15.5 Å². The Morgan fingerprint density at radius 3 is 2.57 bits per heavy atom. The van der Waals surface area contributed by atoms with Crippen LogP contribution < -0.4 is 16.0 Å². The molecule has 158 valence electrons. The number of para-hydroxylation sites is 1. The van der Waals surface area contributed by atoms with E-state index >= 15 is 0 Å². The third kappa shape index (κ3) is 4.05. The molecule has 6 nitrogen and oxygen atoms in total. The molecule has 6 heteroatoms. The van der Waals surface area contributed by atoms with Crippen molar-refractivity contribution >= 4 is 17.6 Å². The Kier molecular flexibility index (Phi) is 5.77. The van der Waals surface area contributed by atoms with Gasteiger partial charge in [0.05, 0.1) is 5.41 Å². The fraction of sp³-hybridized carbons (Fsp3) is 0.417. The second kappa shape index (κ2) is 8.48. The van der Waals surface area contributed by atoms with E-state index in [1.54, 1.807) is 7.05 Å². The zero-order valence-electron chi connectivity index (χ0n) is 17.7. The Morgan fingerprint density at radius 1 is 1.10 bits per heavy atom. The summed E-state index contributed by atoms with van der Waals surface area (Å²) >= 11 is 0. The number of nitrogens with zero attached hydrogens (tertiary/aromatic N) is 1. The predicted octanol–water partition coefficient (Wildman–Crippen LogP) is 3.14. The summed E-state index contributed by atoms with van der Waals surface area (Å²) in [5, 5.41) is 8.92. The topological polar surface area (TPSA) is 73.5 Å². The summed E-state index contributed by atoms with van der Waals surface area (Å²) in [6, 6.07) is 17.9. The van der Waals surface area contributed by atoms with E-state index in [-0.39, 0.29) is 23.9 Å². The van der Waals surface area contributed by atoms with Gasteiger partial charge in [0.15, 0.2) is 0 Å². The highest BCUT2D eigenvalue weighted by atomic mass is 16.2. The van der Waals surface area contributed by atoms with Crippen LogP contribution in [0.25, 0.3) is 0 Å². The number of carbonyl (C=O) groups excluding carboxylic acids is 2. The van der Waals surface area contributed by atoms with Crippen LogP contribution in [0.5, 0.6) is 0 Å². The first-order chi connectivity index (χ1) is 14.5. The number of fused-ring (bicyclic) bond motifs is 1. The van der Waals surface area contributed by atoms with Crippen molar-refractivity contribution in [2.75, 3.05) is 25.5 Å². The molecule has 0 aromatic heterocycles. The van der Waals surface area contributed by atoms with Gasteiger partial charge in [-0.05, 0) is 42.9 Å². The molecule has 3 atom stereocenters. The second-order valence-electron chi connectivity index (χ2n) is 8.64. The molecule has 1 saturated carbocycles. The molecule has 4 rings (SSSR count). The number of carbonyl (C=O) groups is 2. The first-order valence-electron chi connectivity index (χ1n) is 10.6. The molecule has 2 aliphatic rings. The summed E-state index contributed by atoms with van der Waals surface area (Å²) in [6.45, 7) is 4.42. The molecule has 3 amide bonds. The smallest absolute Gasteiger partial charge is 0.319 e. The van der Waals surface area contributed by atoms with Crippen LogP contribution in [-0.2, 0) is 11.3 Å². The number of rotatable bonds is 5. The molecule has 0 spiro atoms. The number of hydrogen-bond acceptors (Lipinski definition) is 3. The quantitative estimate of drug-likeness (QED) is 0.714. The Balaban J connectivity index is 1.41. The van der Waals surface area contributed by atoms with E-state index in [0.717, 1.165) is 37.3 Å². The molecular formula is C24H30N4O2. The second-order valence-corrected chi connectivity index (χ2v) is 8.64. The summed E-state index contributed by atoms with van der Waals surface area (Å²) in [4.78, 5) is 27.8. The number of urea groups is 1. The van der Waals surface area contributed by atoms with Crippen molar-refractivity contribution in [2.45, 2.75) is 32.4 Å². The van der Waals surface area contributed by atoms with Crippen molar-refractivity contribution < 1.29 is 9.59 Å². The normalized spacial score (nSPS) is 25.5. The lowest BCUT2D eigenvalue weighted by Gasteiger charge is -2.27. The third-order valence-electron chi connectivity index (χ3n) is 6.60. The maximum Gasteiger partial charge on any atom is 0.319 e. The zero-order chi connectivity index (χ0) is 21.1. The van der Waals surface area contributed by atoms with Gasteiger partial charge >= 0.3 is 6.03 Å². The molecule has 2 aromatic rings. The van der Waals surface area contributed by atoms with E-state index in [9.17, 15) is 9.59 Å². The van der Waals surface area contributed by atoms with E-state index in [1.807, 2.05) is 49.4 Å². The van der Waals surface area contributed by atoms with Crippen LogP contribution in [0, 0.1) is 18.3 Å². The van der Waals surface area contributed by atoms with Crippen molar-refractivity contribution in [1.29, 1.82) is 0 Å². The van der Waals surface area contributed by atoms with Gasteiger partial charge in [0.1, 0.15) is 0 Å². The largest absolute Gasteiger partial charge is 0.359 e. The standard InChI is InChI=1S/C24H30N4O2/c1-17-8-6-7-11-21(17)27-23(30)26-20-12-19-15-28(14-18-9-4-3-5-10-18)16-24(19,13-20)22(29)25-2/h3-11,19-20H,12-16H2,1-2H3,(H,25,29)(H2,26,27,30)/t19-,20-,24-/m0/s1. The number of hydrogen-bond donors (Lipinski definition) is 3. The fourth-order valence-corrected chi connectivity index (χ4v) is 5.20. The molecule has 2 fully saturated rings. The summed E-state index contributed by atoms with van der Waals surface area (Å²) in [5.41, 5.74) is 2.65. The number of amides is 3. The molecule has 0 unspecified atom stereocenters. The highest BCUT2D eigenvalue weighted by Crippen LogP contribution is 2.49. The monoisotopic (exact) mass is 406 g/mol. The summed E-state index contributed by atoms with van der Waals surface area (Å²) < 4.78 is 0. The average molecular weight is 407 g/mol. The minimum Gasteiger partial charge on any atom is -0.359 e. The fourth-order valence-electron chi connectivity index (χ4n) is 5.20. The van der Waals surface area contributed by atoms with Gasteiger partial charge in [-0.1, -0.05) is 48.5 Å². The van der Waals surface area contributed by atoms with Crippen molar-refractivity contribution in [3.8, 4) is 0 Å². The highest BCUT2D eigenvalue weighted by molar-refractivity contribution is 5.90. The molecule has 0 bridgehead atoms. The first kappa shape index (κ1) is 20.4. The van der Waals surface area contributed by atoms with E-state index in [2.05, 4.69) is 33.0 Å². The van der Waals surface area contributed by atoms with Crippen molar-refractivity contribution in [3.63, 3.8) is 0 Å². The Hall–Kier alpha value is -2.86. The maximum atomic E-state index is 12.9. The Morgan fingerprint density at radius 2 is 1.83 bits per heavy atom. The summed E-state index contributed by atoms with van der Waals surface area (Å²) in [6.07, 6.45) is 1.49. The van der Waals surface area contributed by atoms with Gasteiger partial charge < -0.3 is 16.0 Å². The summed E-state index contributed by atoms with van der Waals surface area (Å²) in [7, 11) is 1.71. The number of nitrogens with one attached hydrogen (secondary N) is 3. The minimum absolute atomic E-state index is 0.00445. The molecule has 2 aromatic carbocycles. The molecule has 1 heterocycles. The van der Waals surface area contributed by atoms with Crippen molar-refractivity contribution in [3.05, 3.63) is 65.7 Å². The molecule has 1 saturated heterocycles. The van der Waals surface area contributed by atoms with Gasteiger partial charge in [-0.2, -0.15) is 0 Å². The SMILES string of the molecule is CNC(=O)[C@]12C[C@@H](NC(=O)Nc3ccccc3C)C[C@H]1CN(Cc1ccccc1)C2. The van der Waals surface area contributed by atoms with Crippen LogP contribution in [0.15, 0.2) is 54.6 Å². The van der Waals surface area contributed by atoms with E-state index in [4.69, 9.17) is 0 Å². The third-order valence-corrected chi connectivity index (χ3v) is 6.60. The number of anilines is 1. The molecule has 30 heavy (non-hydrogen) atoms. The molecule has 3 N–H and O–H groups in total. The van der Waals surface area contributed by atoms with Gasteiger partial charge in [0.25, 0.3) is 0 Å². The maximum absolute atomic E-state index is 12.9. The Bertz CT molecular complexity index is 916. The van der Waals surface area contributed by atoms with Crippen LogP contribution in [0.1, 0.15) is 24.0 Å². The van der Waals surface area contributed by atoms with Crippen LogP contribution >= 0.6 is 0 Å². The van der Waals surface area contributed by atoms with Gasteiger partial charge in [0.2, 0.25) is 5.91 Å². The average Bonchev–Trinajstić information content (AvgIpc) is 3.23. The first-order valence-corrected chi connectivity index (χ1v) is 10.6. The van der Waals surface area contributed by atoms with Gasteiger partial charge in [-0.15, -0.1) is 0 Å². The van der Waals surface area contributed by atoms with E-state index in [0.29, 0.717) is 6.42 Å². The van der Waals surface area contributed by atoms with Crippen molar-refractivity contribution in [2.24, 2.45) is 11.3 Å². The van der Waals surface area contributed by atoms with Gasteiger partial charge in [-0.3, -0.25) is 9.69 Å². The molecular weight excluding hydrogens is 376 g/mol. The van der Waals surface area contributed by atoms with Gasteiger partial charge in [-0.25, -0.2) is 4.79 Å². The van der Waals surface area contributed by atoms with Crippen LogP contribution in [0.3, 0.4) is 0 Å². The lowest BCUT2D eigenvalue weighted by atomic mass is 9.80. The Labute approximate surface area is 178 Å². The lowest BCUT2D eigenvalue weighted by molar-refractivity contribution is -0.131. The van der Waals surface area contributed by atoms with Crippen LogP contribution in [-0.4, -0.2) is 43.0 Å². The lowest BCUT2D eigenvalue weighted by Crippen LogP contribution is -2.44. The number of benzene rings is 2.